The molecule has 4 rings (SSSR count). The van der Waals surface area contributed by atoms with Gasteiger partial charge in [0.15, 0.2) is 0 Å². The van der Waals surface area contributed by atoms with E-state index in [9.17, 15) is 0 Å². The number of hydrogen-bond donors (Lipinski definition) is 1. The lowest BCUT2D eigenvalue weighted by Crippen LogP contribution is -2.49. The number of anilines is 2. The second-order valence-corrected chi connectivity index (χ2v) is 8.55. The molecule has 1 N–H and O–H groups in total. The van der Waals surface area contributed by atoms with E-state index in [-0.39, 0.29) is 5.54 Å². The van der Waals surface area contributed by atoms with Crippen LogP contribution in [0.15, 0.2) is 30.3 Å². The molecular formula is C22H30N4. The van der Waals surface area contributed by atoms with Crippen LogP contribution >= 0.6 is 0 Å². The van der Waals surface area contributed by atoms with Crippen molar-refractivity contribution in [1.29, 1.82) is 0 Å². The number of fused-ring (bicyclic) bond motifs is 1. The predicted molar refractivity (Wildman–Crippen MR) is 108 cm³/mol. The largest absolute Gasteiger partial charge is 0.352 e. The highest BCUT2D eigenvalue weighted by Crippen LogP contribution is 2.42. The minimum absolute atomic E-state index is 0.0389. The third-order valence-electron chi connectivity index (χ3n) is 5.79. The van der Waals surface area contributed by atoms with Crippen molar-refractivity contribution >= 4 is 11.8 Å². The average molecular weight is 351 g/mol. The van der Waals surface area contributed by atoms with E-state index < -0.39 is 0 Å². The first-order chi connectivity index (χ1) is 12.5. The Hall–Kier alpha value is -2.10. The lowest BCUT2D eigenvalue weighted by molar-refractivity contribution is 0.427. The molecular weight excluding hydrogens is 320 g/mol. The summed E-state index contributed by atoms with van der Waals surface area (Å²) in [7, 11) is 0. The van der Waals surface area contributed by atoms with Crippen LogP contribution in [0, 0.1) is 0 Å². The van der Waals surface area contributed by atoms with Gasteiger partial charge in [-0.15, -0.1) is 0 Å². The van der Waals surface area contributed by atoms with Gasteiger partial charge in [0.05, 0.1) is 5.69 Å². The van der Waals surface area contributed by atoms with Gasteiger partial charge >= 0.3 is 0 Å². The number of nitrogens with one attached hydrogen (secondary N) is 1. The molecule has 0 saturated heterocycles. The molecule has 2 aromatic rings. The van der Waals surface area contributed by atoms with Gasteiger partial charge in [-0.25, -0.2) is 4.98 Å². The van der Waals surface area contributed by atoms with Gasteiger partial charge in [-0.05, 0) is 57.6 Å². The summed E-state index contributed by atoms with van der Waals surface area (Å²) < 4.78 is 0. The molecule has 1 aliphatic carbocycles. The molecule has 4 nitrogen and oxygen atoms in total. The highest BCUT2D eigenvalue weighted by molar-refractivity contribution is 5.52. The summed E-state index contributed by atoms with van der Waals surface area (Å²) in [5.74, 6) is 2.47. The summed E-state index contributed by atoms with van der Waals surface area (Å²) in [6.07, 6.45) is 4.62. The summed E-state index contributed by atoms with van der Waals surface area (Å²) in [6.45, 7) is 9.93. The SMILES string of the molecule is CC[C@H](C)Nc1nc(C2CC2)cc(N2Cc3ccccc3CC2(C)C)n1. The lowest BCUT2D eigenvalue weighted by atomic mass is 9.85. The number of rotatable bonds is 5. The van der Waals surface area contributed by atoms with E-state index in [4.69, 9.17) is 9.97 Å². The van der Waals surface area contributed by atoms with Crippen molar-refractivity contribution in [3.05, 3.63) is 47.2 Å². The zero-order valence-electron chi connectivity index (χ0n) is 16.4. The van der Waals surface area contributed by atoms with Crippen LogP contribution in [0.3, 0.4) is 0 Å². The normalized spacial score (nSPS) is 19.8. The van der Waals surface area contributed by atoms with E-state index in [1.54, 1.807) is 0 Å². The molecule has 0 bridgehead atoms. The first kappa shape index (κ1) is 17.3. The molecule has 1 aromatic carbocycles. The van der Waals surface area contributed by atoms with Gasteiger partial charge in [0, 0.05) is 30.1 Å². The third-order valence-corrected chi connectivity index (χ3v) is 5.79. The Balaban J connectivity index is 1.71. The van der Waals surface area contributed by atoms with Gasteiger partial charge in [-0.3, -0.25) is 0 Å². The van der Waals surface area contributed by atoms with Gasteiger partial charge in [0.25, 0.3) is 0 Å². The van der Waals surface area contributed by atoms with Crippen molar-refractivity contribution in [1.82, 2.24) is 9.97 Å². The van der Waals surface area contributed by atoms with Crippen LogP contribution < -0.4 is 10.2 Å². The van der Waals surface area contributed by atoms with Crippen LogP contribution in [0.5, 0.6) is 0 Å². The second kappa shape index (κ2) is 6.57. The monoisotopic (exact) mass is 350 g/mol. The van der Waals surface area contributed by atoms with Crippen molar-refractivity contribution in [3.63, 3.8) is 0 Å². The number of aromatic nitrogens is 2. The molecule has 0 unspecified atom stereocenters. The van der Waals surface area contributed by atoms with Gasteiger partial charge < -0.3 is 10.2 Å². The lowest BCUT2D eigenvalue weighted by Gasteiger charge is -2.44. The van der Waals surface area contributed by atoms with Gasteiger partial charge in [0.2, 0.25) is 5.95 Å². The standard InChI is InChI=1S/C22H30N4/c1-5-15(2)23-21-24-19(16-10-11-16)12-20(25-21)26-14-18-9-7-6-8-17(18)13-22(26,3)4/h6-9,12,15-16H,5,10-11,13-14H2,1-4H3,(H,23,24,25)/t15-/m0/s1. The fourth-order valence-electron chi connectivity index (χ4n) is 3.79. The Bertz CT molecular complexity index is 794. The average Bonchev–Trinajstić information content (AvgIpc) is 3.45. The first-order valence-electron chi connectivity index (χ1n) is 9.96. The predicted octanol–water partition coefficient (Wildman–Crippen LogP) is 4.91. The van der Waals surface area contributed by atoms with Crippen molar-refractivity contribution in [2.24, 2.45) is 0 Å². The maximum absolute atomic E-state index is 4.93. The van der Waals surface area contributed by atoms with Crippen LogP contribution in [0.25, 0.3) is 0 Å². The zero-order valence-corrected chi connectivity index (χ0v) is 16.4. The highest BCUT2D eigenvalue weighted by Gasteiger charge is 2.35. The van der Waals surface area contributed by atoms with Crippen LogP contribution in [0.2, 0.25) is 0 Å². The Kier molecular flexibility index (Phi) is 4.37. The van der Waals surface area contributed by atoms with Gasteiger partial charge in [-0.1, -0.05) is 31.2 Å². The number of benzene rings is 1. The molecule has 26 heavy (non-hydrogen) atoms. The summed E-state index contributed by atoms with van der Waals surface area (Å²) in [4.78, 5) is 12.2. The summed E-state index contributed by atoms with van der Waals surface area (Å²) >= 11 is 0. The highest BCUT2D eigenvalue weighted by atomic mass is 15.3. The van der Waals surface area contributed by atoms with Crippen molar-refractivity contribution in [2.45, 2.75) is 77.4 Å². The van der Waals surface area contributed by atoms with Crippen LogP contribution in [-0.2, 0) is 13.0 Å². The molecule has 2 aliphatic rings. The quantitative estimate of drug-likeness (QED) is 0.832. The van der Waals surface area contributed by atoms with Crippen LogP contribution in [0.4, 0.5) is 11.8 Å². The van der Waals surface area contributed by atoms with Crippen molar-refractivity contribution < 1.29 is 0 Å². The van der Waals surface area contributed by atoms with Gasteiger partial charge in [0.1, 0.15) is 5.82 Å². The third kappa shape index (κ3) is 3.42. The fraction of sp³-hybridized carbons (Fsp3) is 0.545. The summed E-state index contributed by atoms with van der Waals surface area (Å²) in [6, 6.07) is 11.4. The maximum Gasteiger partial charge on any atom is 0.225 e. The second-order valence-electron chi connectivity index (χ2n) is 8.55. The zero-order chi connectivity index (χ0) is 18.3. The first-order valence-corrected chi connectivity index (χ1v) is 9.96. The van der Waals surface area contributed by atoms with E-state index in [0.717, 1.165) is 31.2 Å². The van der Waals surface area contributed by atoms with E-state index in [0.29, 0.717) is 12.0 Å². The maximum atomic E-state index is 4.93. The smallest absolute Gasteiger partial charge is 0.225 e. The fourth-order valence-corrected chi connectivity index (χ4v) is 3.79. The van der Waals surface area contributed by atoms with Crippen molar-refractivity contribution in [2.75, 3.05) is 10.2 Å². The molecule has 1 fully saturated rings. The van der Waals surface area contributed by atoms with Crippen molar-refractivity contribution in [3.8, 4) is 0 Å². The topological polar surface area (TPSA) is 41.1 Å². The van der Waals surface area contributed by atoms with E-state index in [2.05, 4.69) is 68.2 Å². The molecule has 2 heterocycles. The Labute approximate surface area is 157 Å². The van der Waals surface area contributed by atoms with Crippen LogP contribution in [0.1, 0.15) is 69.7 Å². The molecule has 0 amide bonds. The molecule has 4 heteroatoms. The van der Waals surface area contributed by atoms with E-state index >= 15 is 0 Å². The molecule has 0 radical (unpaired) electrons. The van der Waals surface area contributed by atoms with E-state index in [1.165, 1.54) is 29.7 Å². The van der Waals surface area contributed by atoms with Gasteiger partial charge in [-0.2, -0.15) is 4.98 Å². The summed E-state index contributed by atoms with van der Waals surface area (Å²) in [5.41, 5.74) is 4.12. The Morgan fingerprint density at radius 2 is 1.92 bits per heavy atom. The molecule has 138 valence electrons. The minimum atomic E-state index is 0.0389. The molecule has 1 aromatic heterocycles. The summed E-state index contributed by atoms with van der Waals surface area (Å²) in [5, 5.41) is 3.49. The number of hydrogen-bond acceptors (Lipinski definition) is 4. The number of nitrogens with zero attached hydrogens (tertiary/aromatic N) is 3. The molecule has 1 saturated carbocycles. The molecule has 1 atom stereocenters. The minimum Gasteiger partial charge on any atom is -0.352 e. The Morgan fingerprint density at radius 3 is 2.62 bits per heavy atom. The van der Waals surface area contributed by atoms with E-state index in [1.807, 2.05) is 0 Å². The Morgan fingerprint density at radius 1 is 1.19 bits per heavy atom. The molecule has 0 spiro atoms. The van der Waals surface area contributed by atoms with Crippen LogP contribution in [-0.4, -0.2) is 21.5 Å². The molecule has 1 aliphatic heterocycles.